The van der Waals surface area contributed by atoms with Crippen molar-refractivity contribution in [3.8, 4) is 0 Å². The van der Waals surface area contributed by atoms with E-state index in [1.807, 2.05) is 11.4 Å². The predicted molar refractivity (Wildman–Crippen MR) is 71.5 cm³/mol. The maximum atomic E-state index is 10.5. The fourth-order valence-corrected chi connectivity index (χ4v) is 2.98. The van der Waals surface area contributed by atoms with E-state index in [1.165, 1.54) is 11.0 Å². The molecule has 0 atom stereocenters. The van der Waals surface area contributed by atoms with Gasteiger partial charge in [0.05, 0.1) is 6.10 Å². The van der Waals surface area contributed by atoms with Gasteiger partial charge in [0, 0.05) is 30.6 Å². The lowest BCUT2D eigenvalue weighted by Gasteiger charge is -2.29. The number of hydrogen-bond acceptors (Lipinski definition) is 4. The third-order valence-corrected chi connectivity index (χ3v) is 4.03. The molecule has 0 amide bonds. The van der Waals surface area contributed by atoms with Gasteiger partial charge >= 0.3 is 5.97 Å². The molecule has 2 N–H and O–H groups in total. The zero-order chi connectivity index (χ0) is 13.0. The Hall–Kier alpha value is -1.17. The molecule has 0 aliphatic carbocycles. The second-order valence-electron chi connectivity index (χ2n) is 4.48. The maximum Gasteiger partial charge on any atom is 0.328 e. The molecule has 0 spiro atoms. The first-order valence-corrected chi connectivity index (χ1v) is 6.91. The molecule has 0 radical (unpaired) electrons. The Labute approximate surface area is 110 Å². The minimum Gasteiger partial charge on any atom is -0.478 e. The molecule has 2 heterocycles. The molecule has 2 rings (SSSR count). The Morgan fingerprint density at radius 2 is 2.22 bits per heavy atom. The van der Waals surface area contributed by atoms with E-state index in [0.29, 0.717) is 0 Å². The summed E-state index contributed by atoms with van der Waals surface area (Å²) in [6, 6.07) is 1.94. The molecule has 0 bridgehead atoms. The molecule has 1 aliphatic rings. The van der Waals surface area contributed by atoms with Gasteiger partial charge in [0.2, 0.25) is 0 Å². The number of hydrogen-bond donors (Lipinski definition) is 2. The molecule has 0 saturated carbocycles. The van der Waals surface area contributed by atoms with E-state index in [1.54, 1.807) is 17.4 Å². The van der Waals surface area contributed by atoms with Gasteiger partial charge in [-0.2, -0.15) is 0 Å². The average Bonchev–Trinajstić information content (AvgIpc) is 2.77. The second kappa shape index (κ2) is 6.13. The largest absolute Gasteiger partial charge is 0.478 e. The number of aliphatic carboxylic acids is 1. The fourth-order valence-electron chi connectivity index (χ4n) is 2.07. The van der Waals surface area contributed by atoms with E-state index in [0.717, 1.165) is 38.0 Å². The van der Waals surface area contributed by atoms with Crippen molar-refractivity contribution in [3.63, 3.8) is 0 Å². The summed E-state index contributed by atoms with van der Waals surface area (Å²) in [4.78, 5) is 14.0. The van der Waals surface area contributed by atoms with Gasteiger partial charge in [0.25, 0.3) is 0 Å². The van der Waals surface area contributed by atoms with E-state index >= 15 is 0 Å². The van der Waals surface area contributed by atoms with Crippen LogP contribution in [0.3, 0.4) is 0 Å². The quantitative estimate of drug-likeness (QED) is 0.817. The first-order valence-electron chi connectivity index (χ1n) is 6.03. The number of piperidine rings is 1. The summed E-state index contributed by atoms with van der Waals surface area (Å²) in [5.41, 5.74) is 0.980. The van der Waals surface area contributed by atoms with Crippen LogP contribution in [0, 0.1) is 0 Å². The lowest BCUT2D eigenvalue weighted by atomic mass is 10.1. The highest BCUT2D eigenvalue weighted by molar-refractivity contribution is 7.10. The van der Waals surface area contributed by atoms with E-state index in [-0.39, 0.29) is 6.10 Å². The van der Waals surface area contributed by atoms with Crippen molar-refractivity contribution in [1.29, 1.82) is 0 Å². The number of nitrogens with zero attached hydrogens (tertiary/aromatic N) is 1. The highest BCUT2D eigenvalue weighted by Crippen LogP contribution is 2.22. The van der Waals surface area contributed by atoms with Crippen LogP contribution in [0.2, 0.25) is 0 Å². The van der Waals surface area contributed by atoms with Gasteiger partial charge in [0.15, 0.2) is 0 Å². The molecule has 4 nitrogen and oxygen atoms in total. The van der Waals surface area contributed by atoms with Crippen LogP contribution in [0.1, 0.15) is 23.3 Å². The molecule has 18 heavy (non-hydrogen) atoms. The second-order valence-corrected chi connectivity index (χ2v) is 5.48. The van der Waals surface area contributed by atoms with Gasteiger partial charge in [-0.25, -0.2) is 4.79 Å². The van der Waals surface area contributed by atoms with Crippen LogP contribution >= 0.6 is 11.3 Å². The topological polar surface area (TPSA) is 60.8 Å². The Balaban J connectivity index is 1.97. The number of carboxylic acids is 1. The van der Waals surface area contributed by atoms with Crippen molar-refractivity contribution >= 4 is 23.4 Å². The number of carbonyl (C=O) groups is 1. The molecular weight excluding hydrogens is 250 g/mol. The summed E-state index contributed by atoms with van der Waals surface area (Å²) in [5, 5.41) is 20.1. The first-order chi connectivity index (χ1) is 8.65. The van der Waals surface area contributed by atoms with Crippen molar-refractivity contribution in [1.82, 2.24) is 4.90 Å². The summed E-state index contributed by atoms with van der Waals surface area (Å²) in [6.45, 7) is 2.64. The highest BCUT2D eigenvalue weighted by atomic mass is 32.1. The standard InChI is InChI=1S/C13H17NO3S/c15-11-3-6-14(7-4-11)9-12-10(5-8-18-12)1-2-13(16)17/h1-2,5,8,11,15H,3-4,6-7,9H2,(H,16,17). The normalized spacial score (nSPS) is 18.5. The molecule has 5 heteroatoms. The molecule has 0 unspecified atom stereocenters. The Kier molecular flexibility index (Phi) is 4.52. The van der Waals surface area contributed by atoms with Crippen molar-refractivity contribution in [3.05, 3.63) is 28.0 Å². The minimum absolute atomic E-state index is 0.157. The zero-order valence-corrected chi connectivity index (χ0v) is 10.9. The summed E-state index contributed by atoms with van der Waals surface area (Å²) < 4.78 is 0. The van der Waals surface area contributed by atoms with Crippen molar-refractivity contribution in [2.75, 3.05) is 13.1 Å². The summed E-state index contributed by atoms with van der Waals surface area (Å²) >= 11 is 1.65. The van der Waals surface area contributed by atoms with Crippen LogP contribution in [0.4, 0.5) is 0 Å². The molecule has 1 aromatic rings. The number of likely N-dealkylation sites (tertiary alicyclic amines) is 1. The molecule has 1 saturated heterocycles. The first kappa shape index (κ1) is 13.3. The summed E-state index contributed by atoms with van der Waals surface area (Å²) in [5.74, 6) is -0.923. The number of carboxylic acid groups (broad SMARTS) is 1. The third kappa shape index (κ3) is 3.66. The molecule has 1 aromatic heterocycles. The van der Waals surface area contributed by atoms with Crippen LogP contribution in [-0.4, -0.2) is 40.3 Å². The number of aliphatic hydroxyl groups is 1. The van der Waals surface area contributed by atoms with Crippen LogP contribution in [0.25, 0.3) is 6.08 Å². The monoisotopic (exact) mass is 267 g/mol. The van der Waals surface area contributed by atoms with Crippen LogP contribution < -0.4 is 0 Å². The van der Waals surface area contributed by atoms with Gasteiger partial charge < -0.3 is 10.2 Å². The van der Waals surface area contributed by atoms with Gasteiger partial charge in [-0.15, -0.1) is 11.3 Å². The van der Waals surface area contributed by atoms with E-state index in [2.05, 4.69) is 4.90 Å². The van der Waals surface area contributed by atoms with Crippen LogP contribution in [0.5, 0.6) is 0 Å². The fraction of sp³-hybridized carbons (Fsp3) is 0.462. The van der Waals surface area contributed by atoms with E-state index in [4.69, 9.17) is 5.11 Å². The van der Waals surface area contributed by atoms with E-state index < -0.39 is 5.97 Å². The van der Waals surface area contributed by atoms with Crippen LogP contribution in [-0.2, 0) is 11.3 Å². The summed E-state index contributed by atoms with van der Waals surface area (Å²) in [6.07, 6.45) is 4.31. The van der Waals surface area contributed by atoms with E-state index in [9.17, 15) is 9.90 Å². The van der Waals surface area contributed by atoms with Crippen molar-refractivity contribution in [2.45, 2.75) is 25.5 Å². The Morgan fingerprint density at radius 3 is 2.89 bits per heavy atom. The molecule has 0 aromatic carbocycles. The minimum atomic E-state index is -0.923. The van der Waals surface area contributed by atoms with Crippen LogP contribution in [0.15, 0.2) is 17.5 Å². The predicted octanol–water partition coefficient (Wildman–Crippen LogP) is 1.80. The van der Waals surface area contributed by atoms with Gasteiger partial charge in [-0.3, -0.25) is 4.90 Å². The smallest absolute Gasteiger partial charge is 0.328 e. The van der Waals surface area contributed by atoms with Crippen molar-refractivity contribution < 1.29 is 15.0 Å². The van der Waals surface area contributed by atoms with Gasteiger partial charge in [0.1, 0.15) is 0 Å². The Bertz CT molecular complexity index is 433. The highest BCUT2D eigenvalue weighted by Gasteiger charge is 2.17. The van der Waals surface area contributed by atoms with Crippen molar-refractivity contribution in [2.24, 2.45) is 0 Å². The Morgan fingerprint density at radius 1 is 1.50 bits per heavy atom. The number of rotatable bonds is 4. The molecular formula is C13H17NO3S. The lowest BCUT2D eigenvalue weighted by Crippen LogP contribution is -2.35. The molecule has 98 valence electrons. The average molecular weight is 267 g/mol. The molecule has 1 aliphatic heterocycles. The lowest BCUT2D eigenvalue weighted by molar-refractivity contribution is -0.131. The molecule has 1 fully saturated rings. The zero-order valence-electron chi connectivity index (χ0n) is 10.1. The SMILES string of the molecule is O=C(O)C=Cc1ccsc1CN1CCC(O)CC1. The summed E-state index contributed by atoms with van der Waals surface area (Å²) in [7, 11) is 0. The number of aliphatic hydroxyl groups excluding tert-OH is 1. The van der Waals surface area contributed by atoms with Gasteiger partial charge in [-0.05, 0) is 35.9 Å². The van der Waals surface area contributed by atoms with Gasteiger partial charge in [-0.1, -0.05) is 0 Å². The number of thiophene rings is 1. The maximum absolute atomic E-state index is 10.5. The third-order valence-electron chi connectivity index (χ3n) is 3.11.